The Morgan fingerprint density at radius 2 is 1.45 bits per heavy atom. The molecule has 0 aliphatic carbocycles. The van der Waals surface area contributed by atoms with Crippen molar-refractivity contribution in [2.24, 2.45) is 5.92 Å². The standard InChI is InChI=1S/C25H33F3Si/c1-2-3-4-17-29-18-15-21(16-19-29)6-5-20-7-9-22(10-8-20)23-11-13-24(14-12-23)25(26,27)28/h7-14,21,29H,2-6,15-19H2,1H3/t21-,29-. The van der Waals surface area contributed by atoms with E-state index in [0.29, 0.717) is 0 Å². The third kappa shape index (κ3) is 6.73. The smallest absolute Gasteiger partial charge is 0.166 e. The largest absolute Gasteiger partial charge is 0.416 e. The van der Waals surface area contributed by atoms with E-state index in [-0.39, 0.29) is 0 Å². The lowest BCUT2D eigenvalue weighted by molar-refractivity contribution is -0.137. The zero-order valence-electron chi connectivity index (χ0n) is 17.5. The highest BCUT2D eigenvalue weighted by atomic mass is 28.3. The number of unbranched alkanes of at least 4 members (excludes halogenated alkanes) is 2. The monoisotopic (exact) mass is 418 g/mol. The number of alkyl halides is 3. The molecule has 1 aliphatic rings. The molecule has 0 nitrogen and oxygen atoms in total. The molecule has 1 heterocycles. The van der Waals surface area contributed by atoms with Gasteiger partial charge in [-0.2, -0.15) is 13.2 Å². The molecule has 2 aromatic carbocycles. The lowest BCUT2D eigenvalue weighted by atomic mass is 9.93. The molecule has 1 saturated heterocycles. The van der Waals surface area contributed by atoms with Crippen molar-refractivity contribution >= 4 is 8.80 Å². The fourth-order valence-electron chi connectivity index (χ4n) is 4.58. The zero-order chi connectivity index (χ0) is 20.7. The fourth-order valence-corrected chi connectivity index (χ4v) is 8.20. The molecule has 0 spiro atoms. The first-order valence-electron chi connectivity index (χ1n) is 11.2. The number of halogens is 3. The van der Waals surface area contributed by atoms with E-state index in [1.807, 2.05) is 12.1 Å². The van der Waals surface area contributed by atoms with Crippen molar-refractivity contribution in [1.82, 2.24) is 0 Å². The van der Waals surface area contributed by atoms with Crippen LogP contribution in [0.3, 0.4) is 0 Å². The minimum atomic E-state index is -4.28. The minimum Gasteiger partial charge on any atom is -0.166 e. The van der Waals surface area contributed by atoms with Gasteiger partial charge in [-0.1, -0.05) is 93.6 Å². The predicted molar refractivity (Wildman–Crippen MR) is 119 cm³/mol. The van der Waals surface area contributed by atoms with Crippen molar-refractivity contribution in [3.63, 3.8) is 0 Å². The minimum absolute atomic E-state index is 0.422. The van der Waals surface area contributed by atoms with Crippen LogP contribution in [0.4, 0.5) is 13.2 Å². The number of hydrogen-bond donors (Lipinski definition) is 0. The summed E-state index contributed by atoms with van der Waals surface area (Å²) in [5.74, 6) is 0.888. The van der Waals surface area contributed by atoms with Gasteiger partial charge >= 0.3 is 6.18 Å². The van der Waals surface area contributed by atoms with E-state index in [1.165, 1.54) is 44.1 Å². The maximum Gasteiger partial charge on any atom is 0.416 e. The fraction of sp³-hybridized carbons (Fsp3) is 0.520. The molecule has 1 fully saturated rings. The van der Waals surface area contributed by atoms with E-state index in [2.05, 4.69) is 19.1 Å². The van der Waals surface area contributed by atoms with Crippen LogP contribution in [-0.4, -0.2) is 8.80 Å². The Kier molecular flexibility index (Phi) is 7.99. The second-order valence-electron chi connectivity index (χ2n) is 8.69. The Hall–Kier alpha value is -1.55. The first kappa shape index (κ1) is 22.1. The van der Waals surface area contributed by atoms with E-state index in [1.54, 1.807) is 30.3 Å². The summed E-state index contributed by atoms with van der Waals surface area (Å²) in [5, 5.41) is 0. The third-order valence-corrected chi connectivity index (χ3v) is 10.0. The van der Waals surface area contributed by atoms with E-state index in [0.717, 1.165) is 35.6 Å². The van der Waals surface area contributed by atoms with Crippen LogP contribution in [0.1, 0.15) is 56.6 Å². The van der Waals surface area contributed by atoms with Crippen molar-refractivity contribution in [3.05, 3.63) is 59.7 Å². The van der Waals surface area contributed by atoms with Gasteiger partial charge in [-0.15, -0.1) is 0 Å². The third-order valence-electron chi connectivity index (χ3n) is 6.52. The molecule has 0 aromatic heterocycles. The summed E-state index contributed by atoms with van der Waals surface area (Å²) in [6.07, 6.45) is 5.19. The molecule has 4 heteroatoms. The van der Waals surface area contributed by atoms with Crippen molar-refractivity contribution in [2.45, 2.75) is 76.2 Å². The average Bonchev–Trinajstić information content (AvgIpc) is 2.73. The Labute approximate surface area is 175 Å². The van der Waals surface area contributed by atoms with Gasteiger partial charge in [0.15, 0.2) is 0 Å². The zero-order valence-corrected chi connectivity index (χ0v) is 18.6. The van der Waals surface area contributed by atoms with Gasteiger partial charge < -0.3 is 0 Å². The lowest BCUT2D eigenvalue weighted by Crippen LogP contribution is -2.21. The summed E-state index contributed by atoms with van der Waals surface area (Å²) in [6, 6.07) is 18.4. The Morgan fingerprint density at radius 1 is 0.862 bits per heavy atom. The normalized spacial score (nSPS) is 20.0. The molecule has 158 valence electrons. The first-order chi connectivity index (χ1) is 14.0. The highest BCUT2D eigenvalue weighted by Crippen LogP contribution is 2.32. The summed E-state index contributed by atoms with van der Waals surface area (Å²) in [4.78, 5) is 0. The molecule has 0 atom stereocenters. The van der Waals surface area contributed by atoms with Crippen molar-refractivity contribution in [1.29, 1.82) is 0 Å². The summed E-state index contributed by atoms with van der Waals surface area (Å²) >= 11 is 0. The molecule has 0 bridgehead atoms. The molecule has 0 unspecified atom stereocenters. The van der Waals surface area contributed by atoms with Crippen LogP contribution in [0.25, 0.3) is 11.1 Å². The van der Waals surface area contributed by atoms with Crippen molar-refractivity contribution in [3.8, 4) is 11.1 Å². The maximum absolute atomic E-state index is 12.7. The van der Waals surface area contributed by atoms with Crippen LogP contribution < -0.4 is 0 Å². The molecular formula is C25H33F3Si. The van der Waals surface area contributed by atoms with E-state index in [4.69, 9.17) is 0 Å². The Morgan fingerprint density at radius 3 is 2.00 bits per heavy atom. The molecule has 0 N–H and O–H groups in total. The van der Waals surface area contributed by atoms with Crippen molar-refractivity contribution in [2.75, 3.05) is 0 Å². The maximum atomic E-state index is 12.7. The topological polar surface area (TPSA) is 0 Å². The summed E-state index contributed by atoms with van der Waals surface area (Å²) < 4.78 is 38.1. The molecule has 2 aromatic rings. The molecule has 1 aliphatic heterocycles. The van der Waals surface area contributed by atoms with Gasteiger partial charge in [-0.3, -0.25) is 0 Å². The van der Waals surface area contributed by atoms with Crippen LogP contribution in [0.5, 0.6) is 0 Å². The van der Waals surface area contributed by atoms with E-state index >= 15 is 0 Å². The van der Waals surface area contributed by atoms with Crippen molar-refractivity contribution < 1.29 is 13.2 Å². The van der Waals surface area contributed by atoms with Gasteiger partial charge in [0.1, 0.15) is 0 Å². The Balaban J connectivity index is 1.45. The summed E-state index contributed by atoms with van der Waals surface area (Å²) in [7, 11) is -0.422. The van der Waals surface area contributed by atoms with E-state index < -0.39 is 20.5 Å². The van der Waals surface area contributed by atoms with Gasteiger partial charge in [-0.05, 0) is 47.6 Å². The number of aryl methyl sites for hydroxylation is 1. The average molecular weight is 419 g/mol. The number of rotatable bonds is 8. The number of hydrogen-bond acceptors (Lipinski definition) is 0. The quantitative estimate of drug-likeness (QED) is 0.300. The van der Waals surface area contributed by atoms with Gasteiger partial charge in [0, 0.05) is 8.80 Å². The van der Waals surface area contributed by atoms with Gasteiger partial charge in [0.05, 0.1) is 5.56 Å². The summed E-state index contributed by atoms with van der Waals surface area (Å²) in [5.41, 5.74) is 2.54. The summed E-state index contributed by atoms with van der Waals surface area (Å²) in [6.45, 7) is 2.29. The lowest BCUT2D eigenvalue weighted by Gasteiger charge is -2.27. The predicted octanol–water partition coefficient (Wildman–Crippen LogP) is 8.13. The molecule has 0 saturated carbocycles. The first-order valence-corrected chi connectivity index (χ1v) is 13.7. The van der Waals surface area contributed by atoms with Crippen LogP contribution in [0.15, 0.2) is 48.5 Å². The van der Waals surface area contributed by atoms with Crippen LogP contribution in [0.2, 0.25) is 18.1 Å². The highest BCUT2D eigenvalue weighted by Gasteiger charge is 2.30. The molecule has 3 rings (SSSR count). The second kappa shape index (κ2) is 10.5. The molecular weight excluding hydrogens is 385 g/mol. The molecule has 29 heavy (non-hydrogen) atoms. The van der Waals surface area contributed by atoms with Gasteiger partial charge in [0.25, 0.3) is 0 Å². The van der Waals surface area contributed by atoms with E-state index in [9.17, 15) is 13.2 Å². The van der Waals surface area contributed by atoms with Gasteiger partial charge in [-0.25, -0.2) is 0 Å². The van der Waals surface area contributed by atoms with Gasteiger partial charge in [0.2, 0.25) is 0 Å². The second-order valence-corrected chi connectivity index (χ2v) is 12.2. The molecule has 0 radical (unpaired) electrons. The SMILES string of the molecule is CCCCC[Si@H]1CC[C@H](CCc2ccc(-c3ccc(C(F)(F)F)cc3)cc2)CC1. The van der Waals surface area contributed by atoms with Crippen LogP contribution in [-0.2, 0) is 12.6 Å². The molecule has 0 amide bonds. The number of benzene rings is 2. The van der Waals surface area contributed by atoms with Crippen LogP contribution >= 0.6 is 0 Å². The Bertz CT molecular complexity index is 726. The highest BCUT2D eigenvalue weighted by molar-refractivity contribution is 6.58. The van der Waals surface area contributed by atoms with Crippen LogP contribution in [0, 0.1) is 5.92 Å².